The van der Waals surface area contributed by atoms with E-state index in [1.165, 1.54) is 5.56 Å². The van der Waals surface area contributed by atoms with Crippen molar-refractivity contribution < 1.29 is 9.47 Å². The van der Waals surface area contributed by atoms with Gasteiger partial charge in [-0.15, -0.1) is 24.0 Å². The number of hydrogen-bond acceptors (Lipinski definition) is 4. The van der Waals surface area contributed by atoms with E-state index < -0.39 is 0 Å². The summed E-state index contributed by atoms with van der Waals surface area (Å²) in [6.45, 7) is 7.93. The van der Waals surface area contributed by atoms with Crippen molar-refractivity contribution in [2.45, 2.75) is 33.2 Å². The zero-order chi connectivity index (χ0) is 19.3. The molecule has 2 rings (SSSR count). The first-order valence-corrected chi connectivity index (χ1v) is 9.54. The number of halogens is 1. The van der Waals surface area contributed by atoms with E-state index in [0.29, 0.717) is 6.61 Å². The van der Waals surface area contributed by atoms with Gasteiger partial charge in [0, 0.05) is 38.6 Å². The largest absolute Gasteiger partial charge is 0.493 e. The number of aryl methyl sites for hydroxylation is 1. The molecular weight excluding hydrogens is 469 g/mol. The molecule has 0 bridgehead atoms. The molecule has 0 atom stereocenters. The lowest BCUT2D eigenvalue weighted by Gasteiger charge is -2.12. The van der Waals surface area contributed by atoms with Gasteiger partial charge in [-0.05, 0) is 44.4 Å². The highest BCUT2D eigenvalue weighted by Crippen LogP contribution is 2.28. The van der Waals surface area contributed by atoms with Crippen molar-refractivity contribution in [3.8, 4) is 11.5 Å². The van der Waals surface area contributed by atoms with Crippen LogP contribution in [0.3, 0.4) is 0 Å². The molecule has 156 valence electrons. The molecule has 0 saturated carbocycles. The number of guanidine groups is 1. The summed E-state index contributed by atoms with van der Waals surface area (Å²) < 4.78 is 13.0. The highest BCUT2D eigenvalue weighted by Gasteiger charge is 2.05. The van der Waals surface area contributed by atoms with Gasteiger partial charge in [0.25, 0.3) is 0 Å². The predicted octanol–water partition coefficient (Wildman–Crippen LogP) is 3.10. The summed E-state index contributed by atoms with van der Waals surface area (Å²) in [5.41, 5.74) is 1.23. The number of nitrogens with zero attached hydrogens (tertiary/aromatic N) is 3. The van der Waals surface area contributed by atoms with Crippen molar-refractivity contribution in [3.05, 3.63) is 42.5 Å². The van der Waals surface area contributed by atoms with Crippen LogP contribution in [-0.4, -0.2) is 48.9 Å². The number of ether oxygens (including phenoxy) is 2. The van der Waals surface area contributed by atoms with Crippen LogP contribution in [0, 0.1) is 0 Å². The summed E-state index contributed by atoms with van der Waals surface area (Å²) in [5, 5.41) is 6.63. The van der Waals surface area contributed by atoms with Crippen LogP contribution in [0.25, 0.3) is 0 Å². The molecule has 8 heteroatoms. The average Bonchev–Trinajstić information content (AvgIpc) is 3.19. The zero-order valence-corrected chi connectivity index (χ0v) is 19.3. The van der Waals surface area contributed by atoms with Crippen molar-refractivity contribution in [2.75, 3.05) is 33.4 Å². The van der Waals surface area contributed by atoms with Crippen molar-refractivity contribution in [3.63, 3.8) is 0 Å². The minimum atomic E-state index is 0. The van der Waals surface area contributed by atoms with Crippen LogP contribution in [0.15, 0.2) is 41.9 Å². The summed E-state index contributed by atoms with van der Waals surface area (Å²) in [7, 11) is 1.66. The fourth-order valence-electron chi connectivity index (χ4n) is 2.68. The van der Waals surface area contributed by atoms with Crippen LogP contribution in [0.2, 0.25) is 0 Å². The van der Waals surface area contributed by atoms with E-state index in [1.807, 2.05) is 30.1 Å². The van der Waals surface area contributed by atoms with E-state index >= 15 is 0 Å². The Kier molecular flexibility index (Phi) is 12.1. The van der Waals surface area contributed by atoms with Gasteiger partial charge in [0.1, 0.15) is 0 Å². The van der Waals surface area contributed by atoms with Gasteiger partial charge in [0.05, 0.1) is 20.0 Å². The zero-order valence-electron chi connectivity index (χ0n) is 17.0. The Hall–Kier alpha value is -1.97. The number of hydrogen-bond donors (Lipinski definition) is 2. The Balaban J connectivity index is 0.00000392. The molecule has 7 nitrogen and oxygen atoms in total. The number of nitrogens with one attached hydrogen (secondary N) is 2. The SMILES string of the molecule is CCNC(=NCCCc1ccc(OC)c(OCC)c1)NCCn1ccnc1.I. The topological polar surface area (TPSA) is 72.7 Å². The summed E-state index contributed by atoms with van der Waals surface area (Å²) in [6, 6.07) is 6.10. The average molecular weight is 501 g/mol. The van der Waals surface area contributed by atoms with Crippen LogP contribution in [-0.2, 0) is 13.0 Å². The van der Waals surface area contributed by atoms with Gasteiger partial charge in [-0.1, -0.05) is 6.07 Å². The Labute approximate surface area is 185 Å². The van der Waals surface area contributed by atoms with Gasteiger partial charge in [-0.2, -0.15) is 0 Å². The van der Waals surface area contributed by atoms with Crippen LogP contribution in [0.5, 0.6) is 11.5 Å². The van der Waals surface area contributed by atoms with E-state index in [4.69, 9.17) is 9.47 Å². The van der Waals surface area contributed by atoms with Crippen molar-refractivity contribution in [2.24, 2.45) is 4.99 Å². The van der Waals surface area contributed by atoms with Crippen LogP contribution in [0.4, 0.5) is 0 Å². The second kappa shape index (κ2) is 14.1. The van der Waals surface area contributed by atoms with Crippen LogP contribution >= 0.6 is 24.0 Å². The normalized spacial score (nSPS) is 10.9. The van der Waals surface area contributed by atoms with E-state index in [-0.39, 0.29) is 24.0 Å². The third kappa shape index (κ3) is 8.37. The molecule has 0 aliphatic carbocycles. The molecule has 1 aromatic heterocycles. The Morgan fingerprint density at radius 2 is 2.07 bits per heavy atom. The minimum absolute atomic E-state index is 0. The summed E-state index contributed by atoms with van der Waals surface area (Å²) in [4.78, 5) is 8.70. The lowest BCUT2D eigenvalue weighted by molar-refractivity contribution is 0.310. The second-order valence-electron chi connectivity index (χ2n) is 6.01. The highest BCUT2D eigenvalue weighted by molar-refractivity contribution is 14.0. The summed E-state index contributed by atoms with van der Waals surface area (Å²) in [6.07, 6.45) is 7.47. The first kappa shape index (κ1) is 24.1. The number of benzene rings is 1. The van der Waals surface area contributed by atoms with Gasteiger partial charge >= 0.3 is 0 Å². The van der Waals surface area contributed by atoms with E-state index in [1.54, 1.807) is 13.3 Å². The molecule has 2 N–H and O–H groups in total. The number of aliphatic imine (C=N–C) groups is 1. The Morgan fingerprint density at radius 1 is 1.21 bits per heavy atom. The second-order valence-corrected chi connectivity index (χ2v) is 6.01. The molecule has 0 spiro atoms. The number of methoxy groups -OCH3 is 1. The first-order valence-electron chi connectivity index (χ1n) is 9.54. The molecule has 2 aromatic rings. The lowest BCUT2D eigenvalue weighted by atomic mass is 10.1. The molecule has 1 heterocycles. The molecule has 0 radical (unpaired) electrons. The predicted molar refractivity (Wildman–Crippen MR) is 124 cm³/mol. The Morgan fingerprint density at radius 3 is 2.75 bits per heavy atom. The first-order chi connectivity index (χ1) is 13.3. The molecule has 1 aromatic carbocycles. The maximum Gasteiger partial charge on any atom is 0.191 e. The minimum Gasteiger partial charge on any atom is -0.493 e. The molecule has 28 heavy (non-hydrogen) atoms. The maximum absolute atomic E-state index is 5.64. The molecule has 0 saturated heterocycles. The molecule has 0 aliphatic rings. The quantitative estimate of drug-likeness (QED) is 0.214. The summed E-state index contributed by atoms with van der Waals surface area (Å²) >= 11 is 0. The van der Waals surface area contributed by atoms with Crippen molar-refractivity contribution in [1.82, 2.24) is 20.2 Å². The molecule has 0 aliphatic heterocycles. The smallest absolute Gasteiger partial charge is 0.191 e. The third-order valence-electron chi connectivity index (χ3n) is 3.99. The Bertz CT molecular complexity index is 692. The van der Waals surface area contributed by atoms with Crippen LogP contribution in [0.1, 0.15) is 25.8 Å². The van der Waals surface area contributed by atoms with Crippen molar-refractivity contribution in [1.29, 1.82) is 0 Å². The highest BCUT2D eigenvalue weighted by atomic mass is 127. The van der Waals surface area contributed by atoms with Gasteiger partial charge in [0.2, 0.25) is 0 Å². The number of rotatable bonds is 11. The monoisotopic (exact) mass is 501 g/mol. The number of imidazole rings is 1. The van der Waals surface area contributed by atoms with Gasteiger partial charge < -0.3 is 24.7 Å². The van der Waals surface area contributed by atoms with Gasteiger partial charge in [0.15, 0.2) is 17.5 Å². The maximum atomic E-state index is 5.64. The van der Waals surface area contributed by atoms with Crippen LogP contribution < -0.4 is 20.1 Å². The fraction of sp³-hybridized carbons (Fsp3) is 0.500. The fourth-order valence-corrected chi connectivity index (χ4v) is 2.68. The standard InChI is InChI=1S/C20H31N5O2.HI/c1-4-22-20(24-12-14-25-13-11-21-16-25)23-10-6-7-17-8-9-18(26-3)19(15-17)27-5-2;/h8-9,11,13,15-16H,4-7,10,12,14H2,1-3H3,(H2,22,23,24);1H. The molecule has 0 fully saturated rings. The lowest BCUT2D eigenvalue weighted by Crippen LogP contribution is -2.38. The molecule has 0 amide bonds. The van der Waals surface area contributed by atoms with E-state index in [0.717, 1.165) is 56.5 Å². The third-order valence-corrected chi connectivity index (χ3v) is 3.99. The molecule has 0 unspecified atom stereocenters. The van der Waals surface area contributed by atoms with Gasteiger partial charge in [-0.3, -0.25) is 4.99 Å². The van der Waals surface area contributed by atoms with E-state index in [9.17, 15) is 0 Å². The van der Waals surface area contributed by atoms with Gasteiger partial charge in [-0.25, -0.2) is 4.98 Å². The van der Waals surface area contributed by atoms with Crippen molar-refractivity contribution >= 4 is 29.9 Å². The van der Waals surface area contributed by atoms with E-state index in [2.05, 4.69) is 39.7 Å². The summed E-state index contributed by atoms with van der Waals surface area (Å²) in [5.74, 6) is 2.42. The number of aromatic nitrogens is 2. The molecular formula is C20H32IN5O2.